The maximum atomic E-state index is 12.5. The van der Waals surface area contributed by atoms with Crippen molar-refractivity contribution < 1.29 is 27.5 Å². The van der Waals surface area contributed by atoms with Crippen LogP contribution < -0.4 is 5.32 Å². The van der Waals surface area contributed by atoms with E-state index in [-0.39, 0.29) is 22.4 Å². The van der Waals surface area contributed by atoms with Crippen molar-refractivity contribution in [3.63, 3.8) is 0 Å². The maximum absolute atomic E-state index is 12.5. The molecule has 3 rings (SSSR count). The summed E-state index contributed by atoms with van der Waals surface area (Å²) in [6.07, 6.45) is 1.39. The van der Waals surface area contributed by atoms with E-state index in [0.717, 1.165) is 12.8 Å². The number of nitrogens with zero attached hydrogens (tertiary/aromatic N) is 2. The summed E-state index contributed by atoms with van der Waals surface area (Å²) in [6.45, 7) is 0.482. The summed E-state index contributed by atoms with van der Waals surface area (Å²) in [5.74, 6) is -1.65. The van der Waals surface area contributed by atoms with E-state index in [9.17, 15) is 22.8 Å². The Kier molecular flexibility index (Phi) is 7.35. The number of carbonyl (C=O) groups excluding carboxylic acids is 3. The van der Waals surface area contributed by atoms with Crippen LogP contribution in [0.15, 0.2) is 53.4 Å². The first-order chi connectivity index (χ1) is 15.3. The van der Waals surface area contributed by atoms with Crippen LogP contribution in [0.5, 0.6) is 0 Å². The number of anilines is 1. The molecule has 1 heterocycles. The summed E-state index contributed by atoms with van der Waals surface area (Å²) in [4.78, 5) is 36.0. The van der Waals surface area contributed by atoms with Gasteiger partial charge in [0.25, 0.3) is 0 Å². The number of nitrogens with one attached hydrogen (secondary N) is 1. The quantitative estimate of drug-likeness (QED) is 0.477. The fraction of sp³-hybridized carbons (Fsp3) is 0.273. The minimum absolute atomic E-state index is 0.120. The van der Waals surface area contributed by atoms with E-state index in [1.807, 2.05) is 0 Å². The van der Waals surface area contributed by atoms with Crippen LogP contribution in [-0.4, -0.2) is 50.1 Å². The standard InChI is InChI=1S/C22H21N3O6S/c23-12-11-21(27)24-18-7-3-17(4-8-18)22(28)31-15-20(26)16-5-9-19(10-6-16)32(29,30)25-13-1-2-14-25/h3-10H,1-2,11,13-15H2,(H,24,27). The number of ether oxygens (including phenoxy) is 1. The molecule has 1 fully saturated rings. The highest BCUT2D eigenvalue weighted by molar-refractivity contribution is 7.89. The lowest BCUT2D eigenvalue weighted by Crippen LogP contribution is -2.27. The Balaban J connectivity index is 1.55. The molecule has 1 amide bonds. The average Bonchev–Trinajstić information content (AvgIpc) is 3.34. The van der Waals surface area contributed by atoms with Gasteiger partial charge in [0.2, 0.25) is 15.9 Å². The van der Waals surface area contributed by atoms with Gasteiger partial charge in [-0.1, -0.05) is 0 Å². The number of sulfonamides is 1. The number of rotatable bonds is 8. The Bertz CT molecular complexity index is 1150. The SMILES string of the molecule is N#CCC(=O)Nc1ccc(C(=O)OCC(=O)c2ccc(S(=O)(=O)N3CCCC3)cc2)cc1. The first-order valence-corrected chi connectivity index (χ1v) is 11.3. The van der Waals surface area contributed by atoms with Crippen LogP contribution in [0.1, 0.15) is 40.0 Å². The normalized spacial score (nSPS) is 13.8. The van der Waals surface area contributed by atoms with Crippen molar-refractivity contribution in [2.45, 2.75) is 24.2 Å². The van der Waals surface area contributed by atoms with Crippen molar-refractivity contribution in [3.05, 3.63) is 59.7 Å². The van der Waals surface area contributed by atoms with Gasteiger partial charge in [-0.2, -0.15) is 9.57 Å². The Morgan fingerprint density at radius 1 is 0.969 bits per heavy atom. The molecule has 1 aliphatic rings. The first-order valence-electron chi connectivity index (χ1n) is 9.88. The molecule has 0 bridgehead atoms. The molecule has 0 aliphatic carbocycles. The van der Waals surface area contributed by atoms with Gasteiger partial charge in [-0.15, -0.1) is 0 Å². The smallest absolute Gasteiger partial charge is 0.338 e. The molecule has 0 unspecified atom stereocenters. The van der Waals surface area contributed by atoms with E-state index in [2.05, 4.69) is 5.32 Å². The van der Waals surface area contributed by atoms with Crippen molar-refractivity contribution >= 4 is 33.4 Å². The van der Waals surface area contributed by atoms with Gasteiger partial charge in [-0.25, -0.2) is 13.2 Å². The molecule has 0 saturated carbocycles. The van der Waals surface area contributed by atoms with Gasteiger partial charge in [0.1, 0.15) is 6.42 Å². The zero-order valence-electron chi connectivity index (χ0n) is 17.1. The van der Waals surface area contributed by atoms with Crippen LogP contribution in [0.25, 0.3) is 0 Å². The number of hydrogen-bond donors (Lipinski definition) is 1. The number of ketones is 1. The molecule has 1 aliphatic heterocycles. The molecule has 1 N–H and O–H groups in total. The number of benzene rings is 2. The second-order valence-electron chi connectivity index (χ2n) is 7.10. The summed E-state index contributed by atoms with van der Waals surface area (Å²) < 4.78 is 31.5. The van der Waals surface area contributed by atoms with Gasteiger partial charge in [-0.05, 0) is 61.4 Å². The minimum Gasteiger partial charge on any atom is -0.454 e. The van der Waals surface area contributed by atoms with Crippen LogP contribution in [-0.2, 0) is 19.6 Å². The third kappa shape index (κ3) is 5.57. The zero-order chi connectivity index (χ0) is 23.1. The van der Waals surface area contributed by atoms with Gasteiger partial charge in [0.05, 0.1) is 16.5 Å². The minimum atomic E-state index is -3.56. The summed E-state index contributed by atoms with van der Waals surface area (Å²) in [7, 11) is -3.56. The molecule has 0 atom stereocenters. The topological polar surface area (TPSA) is 134 Å². The molecule has 0 aromatic heterocycles. The van der Waals surface area contributed by atoms with Crippen molar-refractivity contribution in [2.75, 3.05) is 25.0 Å². The predicted molar refractivity (Wildman–Crippen MR) is 114 cm³/mol. The summed E-state index contributed by atoms with van der Waals surface area (Å²) in [5, 5.41) is 11.0. The summed E-state index contributed by atoms with van der Waals surface area (Å²) >= 11 is 0. The van der Waals surface area contributed by atoms with Crippen molar-refractivity contribution in [2.24, 2.45) is 0 Å². The van der Waals surface area contributed by atoms with E-state index in [0.29, 0.717) is 18.8 Å². The van der Waals surface area contributed by atoms with Gasteiger partial charge < -0.3 is 10.1 Å². The Labute approximate surface area is 185 Å². The fourth-order valence-electron chi connectivity index (χ4n) is 3.15. The zero-order valence-corrected chi connectivity index (χ0v) is 17.9. The van der Waals surface area contributed by atoms with E-state index in [1.54, 1.807) is 6.07 Å². The van der Waals surface area contributed by atoms with E-state index >= 15 is 0 Å². The summed E-state index contributed by atoms with van der Waals surface area (Å²) in [6, 6.07) is 13.1. The number of esters is 1. The first kappa shape index (κ1) is 23.1. The monoisotopic (exact) mass is 455 g/mol. The van der Waals surface area contributed by atoms with Crippen LogP contribution in [0.3, 0.4) is 0 Å². The number of Topliss-reactive ketones (excluding diaryl/α,β-unsaturated/α-hetero) is 1. The lowest BCUT2D eigenvalue weighted by molar-refractivity contribution is -0.115. The van der Waals surface area contributed by atoms with Crippen molar-refractivity contribution in [3.8, 4) is 6.07 Å². The summed E-state index contributed by atoms with van der Waals surface area (Å²) in [5.41, 5.74) is 0.832. The number of nitriles is 1. The largest absolute Gasteiger partial charge is 0.454 e. The van der Waals surface area contributed by atoms with E-state index < -0.39 is 34.3 Å². The van der Waals surface area contributed by atoms with Gasteiger partial charge in [0.15, 0.2) is 12.4 Å². The lowest BCUT2D eigenvalue weighted by Gasteiger charge is -2.15. The van der Waals surface area contributed by atoms with Crippen LogP contribution in [0.4, 0.5) is 5.69 Å². The molecule has 0 spiro atoms. The fourth-order valence-corrected chi connectivity index (χ4v) is 4.67. The lowest BCUT2D eigenvalue weighted by atomic mass is 10.1. The second-order valence-corrected chi connectivity index (χ2v) is 9.03. The molecular formula is C22H21N3O6S. The van der Waals surface area contributed by atoms with Crippen LogP contribution in [0.2, 0.25) is 0 Å². The Morgan fingerprint density at radius 2 is 1.56 bits per heavy atom. The molecule has 2 aromatic carbocycles. The third-order valence-corrected chi connectivity index (χ3v) is 6.77. The molecule has 0 radical (unpaired) electrons. The number of amides is 1. The number of hydrogen-bond acceptors (Lipinski definition) is 7. The molecule has 32 heavy (non-hydrogen) atoms. The third-order valence-electron chi connectivity index (χ3n) is 4.86. The molecular weight excluding hydrogens is 434 g/mol. The average molecular weight is 455 g/mol. The maximum Gasteiger partial charge on any atom is 0.338 e. The van der Waals surface area contributed by atoms with Crippen LogP contribution >= 0.6 is 0 Å². The highest BCUT2D eigenvalue weighted by Crippen LogP contribution is 2.21. The molecule has 2 aromatic rings. The molecule has 166 valence electrons. The highest BCUT2D eigenvalue weighted by Gasteiger charge is 2.27. The number of carbonyl (C=O) groups is 3. The Hall–Kier alpha value is -3.55. The molecule has 10 heteroatoms. The van der Waals surface area contributed by atoms with Crippen molar-refractivity contribution in [1.29, 1.82) is 5.26 Å². The van der Waals surface area contributed by atoms with Crippen LogP contribution in [0, 0.1) is 11.3 Å². The molecule has 9 nitrogen and oxygen atoms in total. The van der Waals surface area contributed by atoms with Gasteiger partial charge in [0, 0.05) is 24.3 Å². The Morgan fingerprint density at radius 3 is 2.16 bits per heavy atom. The molecule has 1 saturated heterocycles. The van der Waals surface area contributed by atoms with Crippen molar-refractivity contribution in [1.82, 2.24) is 4.31 Å². The van der Waals surface area contributed by atoms with E-state index in [1.165, 1.54) is 52.8 Å². The highest BCUT2D eigenvalue weighted by atomic mass is 32.2. The van der Waals surface area contributed by atoms with E-state index in [4.69, 9.17) is 10.00 Å². The predicted octanol–water partition coefficient (Wildman–Crippen LogP) is 2.36. The van der Waals surface area contributed by atoms with Gasteiger partial charge in [-0.3, -0.25) is 9.59 Å². The van der Waals surface area contributed by atoms with Gasteiger partial charge >= 0.3 is 5.97 Å². The second kappa shape index (κ2) is 10.2.